The summed E-state index contributed by atoms with van der Waals surface area (Å²) in [6.07, 6.45) is 3.14. The fourth-order valence-corrected chi connectivity index (χ4v) is 1.59. The van der Waals surface area contributed by atoms with Gasteiger partial charge in [-0.25, -0.2) is 4.68 Å². The Kier molecular flexibility index (Phi) is 3.66. The van der Waals surface area contributed by atoms with E-state index in [2.05, 4.69) is 22.4 Å². The van der Waals surface area contributed by atoms with Crippen LogP contribution in [-0.2, 0) is 6.54 Å². The number of nitrogens with zero attached hydrogens (tertiary/aromatic N) is 5. The second-order valence-corrected chi connectivity index (χ2v) is 3.83. The molecule has 2 aromatic heterocycles. The van der Waals surface area contributed by atoms with Crippen molar-refractivity contribution in [3.05, 3.63) is 22.2 Å². The van der Waals surface area contributed by atoms with Crippen molar-refractivity contribution in [2.45, 2.75) is 32.7 Å². The second kappa shape index (κ2) is 5.39. The van der Waals surface area contributed by atoms with E-state index in [9.17, 15) is 10.1 Å². The van der Waals surface area contributed by atoms with E-state index in [4.69, 9.17) is 4.42 Å². The Morgan fingerprint density at radius 2 is 2.28 bits per heavy atom. The smallest absolute Gasteiger partial charge is 0.397 e. The zero-order valence-corrected chi connectivity index (χ0v) is 9.94. The highest BCUT2D eigenvalue weighted by molar-refractivity contribution is 5.48. The number of aromatic nitrogens is 4. The van der Waals surface area contributed by atoms with Crippen LogP contribution >= 0.6 is 0 Å². The van der Waals surface area contributed by atoms with E-state index >= 15 is 0 Å². The van der Waals surface area contributed by atoms with Gasteiger partial charge in [0.2, 0.25) is 5.82 Å². The molecule has 2 heterocycles. The Morgan fingerprint density at radius 1 is 1.44 bits per heavy atom. The molecule has 2 aromatic rings. The third-order valence-corrected chi connectivity index (χ3v) is 2.50. The van der Waals surface area contributed by atoms with Crippen molar-refractivity contribution in [3.63, 3.8) is 0 Å². The van der Waals surface area contributed by atoms with Crippen molar-refractivity contribution in [2.24, 2.45) is 0 Å². The van der Waals surface area contributed by atoms with Crippen molar-refractivity contribution >= 4 is 5.88 Å². The predicted octanol–water partition coefficient (Wildman–Crippen LogP) is 2.03. The van der Waals surface area contributed by atoms with Gasteiger partial charge in [-0.3, -0.25) is 10.1 Å². The molecule has 0 fully saturated rings. The van der Waals surface area contributed by atoms with Gasteiger partial charge in [0.05, 0.1) is 6.07 Å². The Bertz CT molecular complexity index is 533. The number of nitro groups is 1. The van der Waals surface area contributed by atoms with E-state index in [0.717, 1.165) is 19.3 Å². The van der Waals surface area contributed by atoms with E-state index < -0.39 is 4.92 Å². The summed E-state index contributed by atoms with van der Waals surface area (Å²) in [4.78, 5) is 9.94. The van der Waals surface area contributed by atoms with Crippen molar-refractivity contribution in [2.75, 3.05) is 0 Å². The number of aryl methyl sites for hydroxylation is 1. The maximum Gasteiger partial charge on any atom is 0.433 e. The summed E-state index contributed by atoms with van der Waals surface area (Å²) >= 11 is 0. The van der Waals surface area contributed by atoms with Crippen molar-refractivity contribution < 1.29 is 9.34 Å². The first-order chi connectivity index (χ1) is 8.72. The van der Waals surface area contributed by atoms with Gasteiger partial charge in [-0.2, -0.15) is 0 Å². The Balaban J connectivity index is 2.16. The lowest BCUT2D eigenvalue weighted by molar-refractivity contribution is -0.401. The van der Waals surface area contributed by atoms with Crippen LogP contribution in [0.3, 0.4) is 0 Å². The minimum atomic E-state index is -0.589. The predicted molar refractivity (Wildman–Crippen MR) is 61.7 cm³/mol. The molecule has 0 radical (unpaired) electrons. The monoisotopic (exact) mass is 251 g/mol. The van der Waals surface area contributed by atoms with Crippen molar-refractivity contribution in [1.82, 2.24) is 20.2 Å². The van der Waals surface area contributed by atoms with Crippen LogP contribution in [0, 0.1) is 10.1 Å². The maximum absolute atomic E-state index is 10.5. The molecule has 0 aliphatic rings. The third kappa shape index (κ3) is 2.53. The Hall–Kier alpha value is -2.25. The van der Waals surface area contributed by atoms with Crippen LogP contribution in [0.25, 0.3) is 11.6 Å². The van der Waals surface area contributed by atoms with Gasteiger partial charge < -0.3 is 4.42 Å². The lowest BCUT2D eigenvalue weighted by Gasteiger charge is -2.00. The number of rotatable bonds is 6. The van der Waals surface area contributed by atoms with E-state index in [1.165, 1.54) is 12.1 Å². The lowest BCUT2D eigenvalue weighted by atomic mass is 10.2. The minimum Gasteiger partial charge on any atom is -0.397 e. The van der Waals surface area contributed by atoms with E-state index in [1.54, 1.807) is 4.68 Å². The molecule has 8 nitrogen and oxygen atoms in total. The van der Waals surface area contributed by atoms with Gasteiger partial charge >= 0.3 is 5.88 Å². The quantitative estimate of drug-likeness (QED) is 0.442. The first kappa shape index (κ1) is 12.2. The highest BCUT2D eigenvalue weighted by Crippen LogP contribution is 2.23. The standard InChI is InChI=1S/C10H13N5O3/c1-2-3-4-7-14-10(11-12-13-14)8-5-6-9(18-8)15(16)17/h5-6H,2-4,7H2,1H3. The van der Waals surface area contributed by atoms with Gasteiger partial charge in [0.1, 0.15) is 4.92 Å². The van der Waals surface area contributed by atoms with Crippen LogP contribution in [0.15, 0.2) is 16.5 Å². The summed E-state index contributed by atoms with van der Waals surface area (Å²) in [6, 6.07) is 2.79. The van der Waals surface area contributed by atoms with E-state index in [0.29, 0.717) is 18.1 Å². The molecule has 0 unspecified atom stereocenters. The maximum atomic E-state index is 10.5. The highest BCUT2D eigenvalue weighted by atomic mass is 16.6. The summed E-state index contributed by atoms with van der Waals surface area (Å²) in [5, 5.41) is 21.8. The number of tetrazole rings is 1. The molecule has 96 valence electrons. The topological polar surface area (TPSA) is 99.9 Å². The molecule has 0 atom stereocenters. The summed E-state index contributed by atoms with van der Waals surface area (Å²) < 4.78 is 6.67. The van der Waals surface area contributed by atoms with Gasteiger partial charge in [-0.1, -0.05) is 19.8 Å². The fourth-order valence-electron chi connectivity index (χ4n) is 1.59. The molecule has 0 aliphatic heterocycles. The zero-order valence-electron chi connectivity index (χ0n) is 9.94. The van der Waals surface area contributed by atoms with Gasteiger partial charge in [0, 0.05) is 6.54 Å². The number of furan rings is 1. The van der Waals surface area contributed by atoms with Gasteiger partial charge in [-0.05, 0) is 22.9 Å². The Morgan fingerprint density at radius 3 is 2.94 bits per heavy atom. The molecule has 0 saturated carbocycles. The first-order valence-corrected chi connectivity index (χ1v) is 5.73. The summed E-state index contributed by atoms with van der Waals surface area (Å²) in [7, 11) is 0. The average molecular weight is 251 g/mol. The van der Waals surface area contributed by atoms with Crippen LogP contribution in [0.1, 0.15) is 26.2 Å². The van der Waals surface area contributed by atoms with Crippen molar-refractivity contribution in [3.8, 4) is 11.6 Å². The fraction of sp³-hybridized carbons (Fsp3) is 0.500. The number of unbranched alkanes of at least 4 members (excludes halogenated alkanes) is 2. The molecule has 8 heteroatoms. The van der Waals surface area contributed by atoms with E-state index in [-0.39, 0.29) is 5.88 Å². The summed E-state index contributed by atoms with van der Waals surface area (Å²) in [5.41, 5.74) is 0. The summed E-state index contributed by atoms with van der Waals surface area (Å²) in [5.74, 6) is 0.413. The molecule has 0 saturated heterocycles. The van der Waals surface area contributed by atoms with Gasteiger partial charge in [0.15, 0.2) is 5.76 Å². The average Bonchev–Trinajstić information content (AvgIpc) is 2.96. The molecule has 0 aromatic carbocycles. The molecular formula is C10H13N5O3. The minimum absolute atomic E-state index is 0.309. The third-order valence-electron chi connectivity index (χ3n) is 2.50. The van der Waals surface area contributed by atoms with Crippen LogP contribution in [0.4, 0.5) is 5.88 Å². The first-order valence-electron chi connectivity index (χ1n) is 5.73. The number of hydrogen-bond acceptors (Lipinski definition) is 6. The van der Waals surface area contributed by atoms with E-state index in [1.807, 2.05) is 0 Å². The SMILES string of the molecule is CCCCCn1nnnc1-c1ccc([N+](=O)[O-])o1. The molecule has 2 rings (SSSR count). The van der Waals surface area contributed by atoms with Crippen LogP contribution < -0.4 is 0 Å². The molecule has 0 spiro atoms. The number of hydrogen-bond donors (Lipinski definition) is 0. The second-order valence-electron chi connectivity index (χ2n) is 3.83. The largest absolute Gasteiger partial charge is 0.433 e. The lowest BCUT2D eigenvalue weighted by Crippen LogP contribution is -2.02. The summed E-state index contributed by atoms with van der Waals surface area (Å²) in [6.45, 7) is 2.78. The molecule has 0 aliphatic carbocycles. The molecule has 0 N–H and O–H groups in total. The van der Waals surface area contributed by atoms with Crippen molar-refractivity contribution in [1.29, 1.82) is 0 Å². The highest BCUT2D eigenvalue weighted by Gasteiger charge is 2.17. The molecule has 18 heavy (non-hydrogen) atoms. The van der Waals surface area contributed by atoms with Gasteiger partial charge in [0.25, 0.3) is 0 Å². The normalized spacial score (nSPS) is 10.7. The Labute approximate surface area is 103 Å². The van der Waals surface area contributed by atoms with Crippen LogP contribution in [0.5, 0.6) is 0 Å². The van der Waals surface area contributed by atoms with Crippen LogP contribution in [-0.4, -0.2) is 25.1 Å². The van der Waals surface area contributed by atoms with Crippen LogP contribution in [0.2, 0.25) is 0 Å². The molecular weight excluding hydrogens is 238 g/mol. The molecule has 0 bridgehead atoms. The molecule has 0 amide bonds. The van der Waals surface area contributed by atoms with Gasteiger partial charge in [-0.15, -0.1) is 5.10 Å². The zero-order chi connectivity index (χ0) is 13.0.